The molecule has 9 heteroatoms. The van der Waals surface area contributed by atoms with E-state index in [2.05, 4.69) is 5.32 Å². The molecule has 1 aliphatic heterocycles. The number of ether oxygens (including phenoxy) is 1. The van der Waals surface area contributed by atoms with Gasteiger partial charge in [-0.2, -0.15) is 0 Å². The SMILES string of the molecule is CC(Oc1ccccc1)C(=O)N1CCN(C(=O)c2ccc(F)cc2)C1C(=O)NCCN. The molecule has 2 aromatic carbocycles. The fourth-order valence-corrected chi connectivity index (χ4v) is 3.39. The maximum absolute atomic E-state index is 13.2. The molecule has 1 heterocycles. The van der Waals surface area contributed by atoms with E-state index in [1.54, 1.807) is 31.2 Å². The average Bonchev–Trinajstić information content (AvgIpc) is 3.22. The number of nitrogens with zero attached hydrogens (tertiary/aromatic N) is 2. The number of nitrogens with one attached hydrogen (secondary N) is 1. The Balaban J connectivity index is 1.81. The van der Waals surface area contributed by atoms with Gasteiger partial charge in [-0.15, -0.1) is 0 Å². The highest BCUT2D eigenvalue weighted by Crippen LogP contribution is 2.21. The van der Waals surface area contributed by atoms with E-state index < -0.39 is 35.8 Å². The number of para-hydroxylation sites is 1. The first-order valence-corrected chi connectivity index (χ1v) is 9.99. The number of amides is 3. The monoisotopic (exact) mass is 428 g/mol. The van der Waals surface area contributed by atoms with E-state index in [4.69, 9.17) is 10.5 Å². The molecule has 3 N–H and O–H groups in total. The van der Waals surface area contributed by atoms with Crippen molar-refractivity contribution in [2.24, 2.45) is 5.73 Å². The van der Waals surface area contributed by atoms with Crippen LogP contribution in [0.3, 0.4) is 0 Å². The van der Waals surface area contributed by atoms with Crippen LogP contribution >= 0.6 is 0 Å². The highest BCUT2D eigenvalue weighted by Gasteiger charge is 2.44. The molecule has 0 saturated carbocycles. The lowest BCUT2D eigenvalue weighted by molar-refractivity contribution is -0.145. The molecule has 31 heavy (non-hydrogen) atoms. The van der Waals surface area contributed by atoms with Crippen LogP contribution in [0.4, 0.5) is 4.39 Å². The van der Waals surface area contributed by atoms with Crippen molar-refractivity contribution in [2.45, 2.75) is 19.2 Å². The summed E-state index contributed by atoms with van der Waals surface area (Å²) >= 11 is 0. The van der Waals surface area contributed by atoms with Crippen LogP contribution in [-0.2, 0) is 9.59 Å². The van der Waals surface area contributed by atoms with Crippen molar-refractivity contribution in [3.8, 4) is 5.75 Å². The second-order valence-electron chi connectivity index (χ2n) is 7.06. The van der Waals surface area contributed by atoms with Crippen LogP contribution in [0.5, 0.6) is 5.75 Å². The van der Waals surface area contributed by atoms with Gasteiger partial charge in [0.15, 0.2) is 12.3 Å². The van der Waals surface area contributed by atoms with Gasteiger partial charge < -0.3 is 25.6 Å². The summed E-state index contributed by atoms with van der Waals surface area (Å²) in [6, 6.07) is 13.9. The molecular formula is C22H25FN4O4. The number of halogens is 1. The maximum Gasteiger partial charge on any atom is 0.265 e. The summed E-state index contributed by atoms with van der Waals surface area (Å²) in [6.07, 6.45) is -2.02. The third-order valence-electron chi connectivity index (χ3n) is 4.89. The molecule has 8 nitrogen and oxygen atoms in total. The van der Waals surface area contributed by atoms with Gasteiger partial charge in [0.05, 0.1) is 0 Å². The molecule has 2 aromatic rings. The van der Waals surface area contributed by atoms with E-state index in [9.17, 15) is 18.8 Å². The number of hydrogen-bond acceptors (Lipinski definition) is 5. The van der Waals surface area contributed by atoms with Gasteiger partial charge in [0.1, 0.15) is 11.6 Å². The predicted octanol–water partition coefficient (Wildman–Crippen LogP) is 0.979. The first kappa shape index (κ1) is 22.2. The van der Waals surface area contributed by atoms with Crippen LogP contribution in [0, 0.1) is 5.82 Å². The third kappa shape index (κ3) is 5.18. The Bertz CT molecular complexity index is 923. The second-order valence-corrected chi connectivity index (χ2v) is 7.06. The zero-order valence-electron chi connectivity index (χ0n) is 17.2. The fourth-order valence-electron chi connectivity index (χ4n) is 3.39. The van der Waals surface area contributed by atoms with Crippen molar-refractivity contribution < 1.29 is 23.5 Å². The Morgan fingerprint density at radius 1 is 1.10 bits per heavy atom. The topological polar surface area (TPSA) is 105 Å². The lowest BCUT2D eigenvalue weighted by Gasteiger charge is -2.30. The Morgan fingerprint density at radius 3 is 2.39 bits per heavy atom. The van der Waals surface area contributed by atoms with Crippen LogP contribution in [0.2, 0.25) is 0 Å². The molecule has 1 aliphatic rings. The van der Waals surface area contributed by atoms with Gasteiger partial charge in [0, 0.05) is 31.7 Å². The number of rotatable bonds is 7. The maximum atomic E-state index is 13.2. The molecular weight excluding hydrogens is 403 g/mol. The van der Waals surface area contributed by atoms with E-state index in [0.717, 1.165) is 0 Å². The molecule has 2 unspecified atom stereocenters. The summed E-state index contributed by atoms with van der Waals surface area (Å²) in [6.45, 7) is 2.32. The van der Waals surface area contributed by atoms with Gasteiger partial charge in [-0.05, 0) is 43.3 Å². The number of hydrogen-bond donors (Lipinski definition) is 2. The van der Waals surface area contributed by atoms with Crippen LogP contribution in [0.15, 0.2) is 54.6 Å². The first-order valence-electron chi connectivity index (χ1n) is 9.99. The number of nitrogens with two attached hydrogens (primary N) is 1. The second kappa shape index (κ2) is 10.0. The molecule has 0 spiro atoms. The van der Waals surface area contributed by atoms with Gasteiger partial charge >= 0.3 is 0 Å². The molecule has 3 rings (SSSR count). The minimum Gasteiger partial charge on any atom is -0.481 e. The quantitative estimate of drug-likeness (QED) is 0.684. The summed E-state index contributed by atoms with van der Waals surface area (Å²) in [5.41, 5.74) is 5.70. The lowest BCUT2D eigenvalue weighted by Crippen LogP contribution is -2.56. The van der Waals surface area contributed by atoms with Gasteiger partial charge in [-0.25, -0.2) is 4.39 Å². The Hall–Kier alpha value is -3.46. The molecule has 0 aliphatic carbocycles. The van der Waals surface area contributed by atoms with Crippen LogP contribution in [-0.4, -0.2) is 66.0 Å². The summed E-state index contributed by atoms with van der Waals surface area (Å²) in [5.74, 6) is -1.37. The van der Waals surface area contributed by atoms with Gasteiger partial charge in [-0.3, -0.25) is 14.4 Å². The molecule has 0 aromatic heterocycles. The highest BCUT2D eigenvalue weighted by molar-refractivity contribution is 5.99. The van der Waals surface area contributed by atoms with Crippen molar-refractivity contribution in [3.63, 3.8) is 0 Å². The van der Waals surface area contributed by atoms with Crippen LogP contribution in [0.25, 0.3) is 0 Å². The van der Waals surface area contributed by atoms with E-state index in [-0.39, 0.29) is 31.7 Å². The minimum absolute atomic E-state index is 0.153. The molecule has 164 valence electrons. The molecule has 1 saturated heterocycles. The lowest BCUT2D eigenvalue weighted by atomic mass is 10.2. The molecule has 2 atom stereocenters. The fraction of sp³-hybridized carbons (Fsp3) is 0.318. The zero-order valence-corrected chi connectivity index (χ0v) is 17.2. The first-order chi connectivity index (χ1) is 14.9. The van der Waals surface area contributed by atoms with Crippen molar-refractivity contribution in [3.05, 3.63) is 66.0 Å². The summed E-state index contributed by atoms with van der Waals surface area (Å²) < 4.78 is 18.9. The zero-order chi connectivity index (χ0) is 22.4. The van der Waals surface area contributed by atoms with Crippen LogP contribution in [0.1, 0.15) is 17.3 Å². The van der Waals surface area contributed by atoms with E-state index in [1.807, 2.05) is 6.07 Å². The molecule has 1 fully saturated rings. The third-order valence-corrected chi connectivity index (χ3v) is 4.89. The minimum atomic E-state index is -1.15. The van der Waals surface area contributed by atoms with Crippen LogP contribution < -0.4 is 15.8 Å². The molecule has 0 radical (unpaired) electrons. The van der Waals surface area contributed by atoms with E-state index >= 15 is 0 Å². The smallest absolute Gasteiger partial charge is 0.265 e. The predicted molar refractivity (Wildman–Crippen MR) is 112 cm³/mol. The van der Waals surface area contributed by atoms with Crippen molar-refractivity contribution in [1.82, 2.24) is 15.1 Å². The number of benzene rings is 2. The average molecular weight is 428 g/mol. The molecule has 3 amide bonds. The van der Waals surface area contributed by atoms with Crippen molar-refractivity contribution >= 4 is 17.7 Å². The summed E-state index contributed by atoms with van der Waals surface area (Å²) in [5, 5.41) is 2.64. The van der Waals surface area contributed by atoms with Crippen molar-refractivity contribution in [2.75, 3.05) is 26.2 Å². The Kier molecular flexibility index (Phi) is 7.19. The summed E-state index contributed by atoms with van der Waals surface area (Å²) in [7, 11) is 0. The van der Waals surface area contributed by atoms with Gasteiger partial charge in [-0.1, -0.05) is 18.2 Å². The normalized spacial score (nSPS) is 16.7. The standard InChI is InChI=1S/C22H25FN4O4/c1-15(31-18-5-3-2-4-6-18)21(29)26-13-14-27(20(26)19(28)25-12-11-24)22(30)16-7-9-17(23)10-8-16/h2-10,15,20H,11-14,24H2,1H3,(H,25,28). The number of carbonyl (C=O) groups is 3. The van der Waals surface area contributed by atoms with Gasteiger partial charge in [0.25, 0.3) is 17.7 Å². The highest BCUT2D eigenvalue weighted by atomic mass is 19.1. The van der Waals surface area contributed by atoms with Crippen molar-refractivity contribution in [1.29, 1.82) is 0 Å². The Labute approximate surface area is 179 Å². The summed E-state index contributed by atoms with van der Waals surface area (Å²) in [4.78, 5) is 41.6. The van der Waals surface area contributed by atoms with E-state index in [1.165, 1.54) is 34.1 Å². The van der Waals surface area contributed by atoms with Gasteiger partial charge in [0.2, 0.25) is 0 Å². The van der Waals surface area contributed by atoms with E-state index in [0.29, 0.717) is 5.75 Å². The largest absolute Gasteiger partial charge is 0.481 e. The molecule has 0 bridgehead atoms. The Morgan fingerprint density at radius 2 is 1.74 bits per heavy atom. The number of carbonyl (C=O) groups excluding carboxylic acids is 3.